The molecule has 1 fully saturated rings. The molecule has 98 valence electrons. The number of aromatic nitrogens is 1. The van der Waals surface area contributed by atoms with E-state index < -0.39 is 0 Å². The summed E-state index contributed by atoms with van der Waals surface area (Å²) in [6.45, 7) is 3.71. The summed E-state index contributed by atoms with van der Waals surface area (Å²) in [5, 5.41) is 0. The summed E-state index contributed by atoms with van der Waals surface area (Å²) in [5.74, 6) is 0.782. The van der Waals surface area contributed by atoms with Gasteiger partial charge in [0.2, 0.25) is 5.43 Å². The summed E-state index contributed by atoms with van der Waals surface area (Å²) < 4.78 is 4.87. The van der Waals surface area contributed by atoms with Crippen molar-refractivity contribution in [1.82, 2.24) is 9.88 Å². The average Bonchev–Trinajstić information content (AvgIpc) is 2.38. The van der Waals surface area contributed by atoms with Crippen molar-refractivity contribution in [2.45, 2.75) is 19.8 Å². The van der Waals surface area contributed by atoms with Crippen molar-refractivity contribution in [3.63, 3.8) is 0 Å². The summed E-state index contributed by atoms with van der Waals surface area (Å²) in [5.41, 5.74) is 0.0559. The number of carbonyl (C=O) groups excluding carboxylic acids is 1. The molecule has 1 N–H and O–H groups in total. The lowest BCUT2D eigenvalue weighted by Crippen LogP contribution is -2.38. The number of nitrogens with zero attached hydrogens (tertiary/aromatic N) is 1. The van der Waals surface area contributed by atoms with E-state index in [2.05, 4.69) is 11.9 Å². The number of hydrogen-bond donors (Lipinski definition) is 1. The molecule has 2 rings (SSSR count). The second-order valence-electron chi connectivity index (χ2n) is 4.75. The molecule has 18 heavy (non-hydrogen) atoms. The van der Waals surface area contributed by atoms with E-state index in [1.165, 1.54) is 19.4 Å². The highest BCUT2D eigenvalue weighted by atomic mass is 16.5. The van der Waals surface area contributed by atoms with Gasteiger partial charge in [-0.25, -0.2) is 0 Å². The van der Waals surface area contributed by atoms with Crippen LogP contribution in [0.25, 0.3) is 0 Å². The number of carbonyl (C=O) groups is 1. The molecule has 1 aromatic heterocycles. The van der Waals surface area contributed by atoms with Crippen molar-refractivity contribution in [2.24, 2.45) is 5.92 Å². The van der Waals surface area contributed by atoms with E-state index in [4.69, 9.17) is 4.74 Å². The molecule has 5 heteroatoms. The predicted molar refractivity (Wildman–Crippen MR) is 67.9 cm³/mol. The number of ether oxygens (including phenoxy) is 1. The molecule has 1 aliphatic heterocycles. The molecule has 0 aromatic carbocycles. The number of H-pyrrole nitrogens is 1. The Labute approximate surface area is 106 Å². The van der Waals surface area contributed by atoms with Crippen molar-refractivity contribution in [3.8, 4) is 5.75 Å². The Morgan fingerprint density at radius 3 is 2.67 bits per heavy atom. The van der Waals surface area contributed by atoms with Gasteiger partial charge in [-0.2, -0.15) is 0 Å². The zero-order valence-electron chi connectivity index (χ0n) is 10.7. The molecular formula is C13H18N2O3. The lowest BCUT2D eigenvalue weighted by Gasteiger charge is -2.30. The fraction of sp³-hybridized carbons (Fsp3) is 0.538. The van der Waals surface area contributed by atoms with Gasteiger partial charge in [0.25, 0.3) is 5.91 Å². The lowest BCUT2D eigenvalue weighted by molar-refractivity contribution is 0.0691. The van der Waals surface area contributed by atoms with E-state index >= 15 is 0 Å². The van der Waals surface area contributed by atoms with Gasteiger partial charge in [-0.1, -0.05) is 6.92 Å². The van der Waals surface area contributed by atoms with Gasteiger partial charge in [-0.05, 0) is 18.8 Å². The van der Waals surface area contributed by atoms with E-state index in [-0.39, 0.29) is 17.1 Å². The van der Waals surface area contributed by atoms with Crippen molar-refractivity contribution < 1.29 is 9.53 Å². The highest BCUT2D eigenvalue weighted by molar-refractivity contribution is 5.92. The molecule has 0 saturated carbocycles. The Balaban J connectivity index is 2.14. The minimum atomic E-state index is -0.273. The molecule has 0 aliphatic carbocycles. The topological polar surface area (TPSA) is 62.4 Å². The Morgan fingerprint density at radius 1 is 1.44 bits per heavy atom. The van der Waals surface area contributed by atoms with Gasteiger partial charge >= 0.3 is 0 Å². The maximum atomic E-state index is 12.2. The maximum Gasteiger partial charge on any atom is 0.270 e. The Hall–Kier alpha value is -1.78. The van der Waals surface area contributed by atoms with Crippen molar-refractivity contribution in [2.75, 3.05) is 20.2 Å². The summed E-state index contributed by atoms with van der Waals surface area (Å²) in [4.78, 5) is 28.4. The third-order valence-electron chi connectivity index (χ3n) is 3.40. The van der Waals surface area contributed by atoms with Crippen LogP contribution < -0.4 is 10.2 Å². The van der Waals surface area contributed by atoms with Gasteiger partial charge < -0.3 is 14.6 Å². The number of nitrogens with one attached hydrogen (secondary N) is 1. The number of amides is 1. The number of hydrogen-bond acceptors (Lipinski definition) is 3. The second-order valence-corrected chi connectivity index (χ2v) is 4.75. The summed E-state index contributed by atoms with van der Waals surface area (Å²) >= 11 is 0. The van der Waals surface area contributed by atoms with Crippen LogP contribution >= 0.6 is 0 Å². The summed E-state index contributed by atoms with van der Waals surface area (Å²) in [6.07, 6.45) is 3.47. The average molecular weight is 250 g/mol. The first-order valence-corrected chi connectivity index (χ1v) is 6.18. The van der Waals surface area contributed by atoms with Crippen LogP contribution in [0.3, 0.4) is 0 Å². The first-order chi connectivity index (χ1) is 8.61. The number of rotatable bonds is 2. The number of piperidine rings is 1. The van der Waals surface area contributed by atoms with E-state index in [1.807, 2.05) is 0 Å². The molecule has 2 heterocycles. The monoisotopic (exact) mass is 250 g/mol. The number of pyridine rings is 1. The van der Waals surface area contributed by atoms with Crippen LogP contribution in [-0.4, -0.2) is 36.0 Å². The highest BCUT2D eigenvalue weighted by Gasteiger charge is 2.22. The van der Waals surface area contributed by atoms with Crippen LogP contribution in [0.15, 0.2) is 17.1 Å². The van der Waals surface area contributed by atoms with Crippen LogP contribution in [0.2, 0.25) is 0 Å². The van der Waals surface area contributed by atoms with Gasteiger partial charge in [0.1, 0.15) is 5.69 Å². The quantitative estimate of drug-likeness (QED) is 0.859. The third kappa shape index (κ3) is 2.55. The summed E-state index contributed by atoms with van der Waals surface area (Å²) in [7, 11) is 1.43. The van der Waals surface area contributed by atoms with Crippen molar-refractivity contribution in [1.29, 1.82) is 0 Å². The first kappa shape index (κ1) is 12.7. The Bertz CT molecular complexity index is 487. The largest absolute Gasteiger partial charge is 0.491 e. The Morgan fingerprint density at radius 2 is 2.11 bits per heavy atom. The van der Waals surface area contributed by atoms with E-state index in [1.54, 1.807) is 4.90 Å². The molecule has 0 unspecified atom stereocenters. The predicted octanol–water partition coefficient (Wildman–Crippen LogP) is 1.26. The molecule has 0 bridgehead atoms. The summed E-state index contributed by atoms with van der Waals surface area (Å²) in [6, 6.07) is 1.30. The van der Waals surface area contributed by atoms with Gasteiger partial charge in [0.15, 0.2) is 5.75 Å². The maximum absolute atomic E-state index is 12.2. The zero-order chi connectivity index (χ0) is 13.1. The minimum absolute atomic E-state index is 0.110. The minimum Gasteiger partial charge on any atom is -0.491 e. The second kappa shape index (κ2) is 5.25. The molecule has 5 nitrogen and oxygen atoms in total. The van der Waals surface area contributed by atoms with E-state index in [9.17, 15) is 9.59 Å². The molecule has 1 saturated heterocycles. The van der Waals surface area contributed by atoms with Crippen LogP contribution in [-0.2, 0) is 0 Å². The first-order valence-electron chi connectivity index (χ1n) is 6.18. The fourth-order valence-corrected chi connectivity index (χ4v) is 2.12. The number of methoxy groups -OCH3 is 1. The van der Waals surface area contributed by atoms with Crippen LogP contribution in [0.1, 0.15) is 30.3 Å². The molecule has 1 amide bonds. The fourth-order valence-electron chi connectivity index (χ4n) is 2.12. The van der Waals surface area contributed by atoms with E-state index in [0.29, 0.717) is 11.6 Å². The standard InChI is InChI=1S/C13H18N2O3/c1-9-3-5-15(6-4-9)13(17)10-7-11(16)12(18-2)8-14-10/h7-9H,3-6H2,1-2H3,(H,14,16). The van der Waals surface area contributed by atoms with Crippen LogP contribution in [0.5, 0.6) is 5.75 Å². The molecule has 0 atom stereocenters. The smallest absolute Gasteiger partial charge is 0.270 e. The van der Waals surface area contributed by atoms with Crippen molar-refractivity contribution in [3.05, 3.63) is 28.2 Å². The molecular weight excluding hydrogens is 232 g/mol. The van der Waals surface area contributed by atoms with Crippen LogP contribution in [0.4, 0.5) is 0 Å². The van der Waals surface area contributed by atoms with Gasteiger partial charge in [-0.3, -0.25) is 9.59 Å². The van der Waals surface area contributed by atoms with Gasteiger partial charge in [0, 0.05) is 25.4 Å². The molecule has 0 spiro atoms. The third-order valence-corrected chi connectivity index (χ3v) is 3.40. The van der Waals surface area contributed by atoms with Crippen molar-refractivity contribution >= 4 is 5.91 Å². The molecule has 1 aliphatic rings. The zero-order valence-corrected chi connectivity index (χ0v) is 10.7. The Kier molecular flexibility index (Phi) is 3.69. The molecule has 0 radical (unpaired) electrons. The van der Waals surface area contributed by atoms with E-state index in [0.717, 1.165) is 25.9 Å². The normalized spacial score (nSPS) is 16.7. The number of likely N-dealkylation sites (tertiary alicyclic amines) is 1. The van der Waals surface area contributed by atoms with Crippen LogP contribution in [0, 0.1) is 5.92 Å². The molecule has 1 aromatic rings. The highest BCUT2D eigenvalue weighted by Crippen LogP contribution is 2.17. The lowest BCUT2D eigenvalue weighted by atomic mass is 9.99. The van der Waals surface area contributed by atoms with Gasteiger partial charge in [0.05, 0.1) is 7.11 Å². The van der Waals surface area contributed by atoms with Gasteiger partial charge in [-0.15, -0.1) is 0 Å². The SMILES string of the molecule is COc1c[nH]c(C(=O)N2CCC(C)CC2)cc1=O. The number of aromatic amines is 1.